The van der Waals surface area contributed by atoms with Crippen molar-refractivity contribution in [2.24, 2.45) is 0 Å². The first-order valence-electron chi connectivity index (χ1n) is 5.15. The van der Waals surface area contributed by atoms with E-state index in [1.807, 2.05) is 20.0 Å². The molecule has 1 aliphatic heterocycles. The number of likely N-dealkylation sites (N-methyl/N-ethyl adjacent to an activating group) is 1. The lowest BCUT2D eigenvalue weighted by Crippen LogP contribution is -2.30. The van der Waals surface area contributed by atoms with Crippen molar-refractivity contribution in [1.82, 2.24) is 9.88 Å². The fraction of sp³-hybridized carbons (Fsp3) is 0.545. The van der Waals surface area contributed by atoms with Crippen LogP contribution in [0.25, 0.3) is 0 Å². The summed E-state index contributed by atoms with van der Waals surface area (Å²) < 4.78 is 0. The zero-order valence-corrected chi connectivity index (χ0v) is 9.20. The number of rotatable bonds is 1. The number of aromatic nitrogens is 1. The maximum Gasteiger partial charge on any atom is 0.129 e. The number of likely N-dealkylation sites (tertiary alicyclic amines) is 1. The van der Waals surface area contributed by atoms with Crippen molar-refractivity contribution in [3.05, 3.63) is 23.4 Å². The molecule has 82 valence electrons. The summed E-state index contributed by atoms with van der Waals surface area (Å²) in [7, 11) is 2.00. The third-order valence-electron chi connectivity index (χ3n) is 3.00. The summed E-state index contributed by atoms with van der Waals surface area (Å²) in [5.41, 5.74) is 6.79. The van der Waals surface area contributed by atoms with Crippen LogP contribution in [0.2, 0.25) is 0 Å². The molecule has 1 aliphatic rings. The standard InChI is InChI=1S/C11H17N3O/c1-8-5-9(10(12)13-6-8)11(15)3-4-14(2)7-11/h5-6,15H,3-4,7H2,1-2H3,(H2,12,13). The van der Waals surface area contributed by atoms with Gasteiger partial charge in [0.2, 0.25) is 0 Å². The first-order valence-corrected chi connectivity index (χ1v) is 5.15. The predicted octanol–water partition coefficient (Wildman–Crippen LogP) is 0.495. The Kier molecular flexibility index (Phi) is 2.40. The Bertz CT molecular complexity index is 380. The van der Waals surface area contributed by atoms with Crippen LogP contribution in [0.4, 0.5) is 5.82 Å². The lowest BCUT2D eigenvalue weighted by molar-refractivity contribution is 0.0493. The van der Waals surface area contributed by atoms with Crippen LogP contribution in [-0.4, -0.2) is 35.1 Å². The smallest absolute Gasteiger partial charge is 0.129 e. The molecule has 0 aliphatic carbocycles. The molecule has 0 spiro atoms. The summed E-state index contributed by atoms with van der Waals surface area (Å²) >= 11 is 0. The van der Waals surface area contributed by atoms with E-state index in [0.717, 1.165) is 24.1 Å². The van der Waals surface area contributed by atoms with Gasteiger partial charge in [-0.15, -0.1) is 0 Å². The van der Waals surface area contributed by atoms with Crippen LogP contribution in [0.3, 0.4) is 0 Å². The monoisotopic (exact) mass is 207 g/mol. The zero-order chi connectivity index (χ0) is 11.1. The summed E-state index contributed by atoms with van der Waals surface area (Å²) in [5, 5.41) is 10.5. The van der Waals surface area contributed by atoms with Crippen LogP contribution < -0.4 is 5.73 Å². The van der Waals surface area contributed by atoms with Crippen molar-refractivity contribution < 1.29 is 5.11 Å². The molecule has 2 heterocycles. The molecule has 4 heteroatoms. The van der Waals surface area contributed by atoms with E-state index in [4.69, 9.17) is 5.73 Å². The average molecular weight is 207 g/mol. The molecule has 1 unspecified atom stereocenters. The predicted molar refractivity (Wildman–Crippen MR) is 59.4 cm³/mol. The molecular weight excluding hydrogens is 190 g/mol. The van der Waals surface area contributed by atoms with Crippen LogP contribution in [-0.2, 0) is 5.60 Å². The number of aryl methyl sites for hydroxylation is 1. The molecule has 0 aromatic carbocycles. The summed E-state index contributed by atoms with van der Waals surface area (Å²) in [6.45, 7) is 3.48. The van der Waals surface area contributed by atoms with Gasteiger partial charge in [0.05, 0.1) is 0 Å². The molecule has 0 amide bonds. The van der Waals surface area contributed by atoms with Gasteiger partial charge in [-0.3, -0.25) is 0 Å². The van der Waals surface area contributed by atoms with E-state index >= 15 is 0 Å². The van der Waals surface area contributed by atoms with Crippen LogP contribution in [0.5, 0.6) is 0 Å². The van der Waals surface area contributed by atoms with E-state index in [2.05, 4.69) is 9.88 Å². The van der Waals surface area contributed by atoms with Gasteiger partial charge in [0.15, 0.2) is 0 Å². The highest BCUT2D eigenvalue weighted by atomic mass is 16.3. The molecule has 0 radical (unpaired) electrons. The maximum atomic E-state index is 10.5. The quantitative estimate of drug-likeness (QED) is 0.703. The molecule has 0 saturated carbocycles. The van der Waals surface area contributed by atoms with Crippen molar-refractivity contribution in [2.45, 2.75) is 18.9 Å². The Morgan fingerprint density at radius 2 is 2.33 bits per heavy atom. The van der Waals surface area contributed by atoms with Gasteiger partial charge in [-0.1, -0.05) is 0 Å². The number of pyridine rings is 1. The number of hydrogen-bond donors (Lipinski definition) is 2. The Hall–Kier alpha value is -1.13. The Balaban J connectivity index is 2.40. The van der Waals surface area contributed by atoms with E-state index in [1.165, 1.54) is 0 Å². The lowest BCUT2D eigenvalue weighted by atomic mass is 9.92. The van der Waals surface area contributed by atoms with Crippen LogP contribution in [0.15, 0.2) is 12.3 Å². The second-order valence-corrected chi connectivity index (χ2v) is 4.46. The molecule has 1 fully saturated rings. The average Bonchev–Trinajstić information content (AvgIpc) is 2.52. The number of nitrogens with two attached hydrogens (primary N) is 1. The zero-order valence-electron chi connectivity index (χ0n) is 9.20. The molecule has 3 N–H and O–H groups in total. The summed E-state index contributed by atoms with van der Waals surface area (Å²) in [5.74, 6) is 0.443. The minimum absolute atomic E-state index is 0.443. The first kappa shape index (κ1) is 10.4. The number of anilines is 1. The number of nitrogens with zero attached hydrogens (tertiary/aromatic N) is 2. The van der Waals surface area contributed by atoms with E-state index < -0.39 is 5.60 Å². The Labute approximate surface area is 89.7 Å². The first-order chi connectivity index (χ1) is 7.01. The van der Waals surface area contributed by atoms with Crippen molar-refractivity contribution in [3.8, 4) is 0 Å². The van der Waals surface area contributed by atoms with E-state index in [0.29, 0.717) is 12.4 Å². The molecule has 15 heavy (non-hydrogen) atoms. The maximum absolute atomic E-state index is 10.5. The molecule has 1 aromatic rings. The van der Waals surface area contributed by atoms with Gasteiger partial charge in [0.25, 0.3) is 0 Å². The molecule has 1 atom stereocenters. The lowest BCUT2D eigenvalue weighted by Gasteiger charge is -2.24. The van der Waals surface area contributed by atoms with Gasteiger partial charge in [-0.25, -0.2) is 4.98 Å². The SMILES string of the molecule is Cc1cnc(N)c(C2(O)CCN(C)C2)c1. The normalized spacial score (nSPS) is 27.1. The third-order valence-corrected chi connectivity index (χ3v) is 3.00. The number of nitrogen functional groups attached to an aromatic ring is 1. The molecule has 1 aromatic heterocycles. The largest absolute Gasteiger partial charge is 0.384 e. The van der Waals surface area contributed by atoms with Crippen molar-refractivity contribution in [2.75, 3.05) is 25.9 Å². The Morgan fingerprint density at radius 3 is 2.93 bits per heavy atom. The minimum atomic E-state index is -0.822. The van der Waals surface area contributed by atoms with Crippen LogP contribution >= 0.6 is 0 Å². The van der Waals surface area contributed by atoms with Crippen LogP contribution in [0.1, 0.15) is 17.5 Å². The Morgan fingerprint density at radius 1 is 1.60 bits per heavy atom. The van der Waals surface area contributed by atoms with Gasteiger partial charge in [-0.2, -0.15) is 0 Å². The van der Waals surface area contributed by atoms with Crippen molar-refractivity contribution in [3.63, 3.8) is 0 Å². The number of β-amino-alcohol motifs (C(OH)–C–C–N with tert-alkyl or cyclic N) is 1. The van der Waals surface area contributed by atoms with Gasteiger partial charge in [0, 0.05) is 24.8 Å². The third kappa shape index (κ3) is 1.82. The van der Waals surface area contributed by atoms with Crippen LogP contribution in [0, 0.1) is 6.92 Å². The van der Waals surface area contributed by atoms with Gasteiger partial charge in [-0.05, 0) is 32.0 Å². The number of aliphatic hydroxyl groups is 1. The summed E-state index contributed by atoms with van der Waals surface area (Å²) in [6.07, 6.45) is 2.44. The van der Waals surface area contributed by atoms with Crippen molar-refractivity contribution in [1.29, 1.82) is 0 Å². The van der Waals surface area contributed by atoms with E-state index in [9.17, 15) is 5.11 Å². The second kappa shape index (κ2) is 3.47. The summed E-state index contributed by atoms with van der Waals surface area (Å²) in [4.78, 5) is 6.19. The topological polar surface area (TPSA) is 62.4 Å². The minimum Gasteiger partial charge on any atom is -0.384 e. The van der Waals surface area contributed by atoms with E-state index in [1.54, 1.807) is 6.20 Å². The van der Waals surface area contributed by atoms with Gasteiger partial charge >= 0.3 is 0 Å². The molecule has 2 rings (SSSR count). The number of hydrogen-bond acceptors (Lipinski definition) is 4. The fourth-order valence-corrected chi connectivity index (χ4v) is 2.15. The van der Waals surface area contributed by atoms with Crippen molar-refractivity contribution >= 4 is 5.82 Å². The van der Waals surface area contributed by atoms with Gasteiger partial charge < -0.3 is 15.7 Å². The highest BCUT2D eigenvalue weighted by molar-refractivity contribution is 5.45. The van der Waals surface area contributed by atoms with Gasteiger partial charge in [0.1, 0.15) is 11.4 Å². The molecular formula is C11H17N3O. The highest BCUT2D eigenvalue weighted by Gasteiger charge is 2.37. The highest BCUT2D eigenvalue weighted by Crippen LogP contribution is 2.34. The van der Waals surface area contributed by atoms with E-state index in [-0.39, 0.29) is 0 Å². The fourth-order valence-electron chi connectivity index (χ4n) is 2.15. The molecule has 4 nitrogen and oxygen atoms in total. The molecule has 0 bridgehead atoms. The molecule has 1 saturated heterocycles. The second-order valence-electron chi connectivity index (χ2n) is 4.46. The summed E-state index contributed by atoms with van der Waals surface area (Å²) in [6, 6.07) is 1.93.